The largest absolute Gasteiger partial charge is 0.380 e. The first kappa shape index (κ1) is 8.62. The molecule has 0 aliphatic carbocycles. The number of hydrogen-bond acceptors (Lipinski definition) is 3. The molecule has 2 rings (SSSR count). The second-order valence-electron chi connectivity index (χ2n) is 3.09. The molecular formula is C10H12N4. The van der Waals surface area contributed by atoms with Crippen LogP contribution in [0.2, 0.25) is 0 Å². The second-order valence-corrected chi connectivity index (χ2v) is 3.09. The van der Waals surface area contributed by atoms with Gasteiger partial charge >= 0.3 is 0 Å². The number of nitrogens with one attached hydrogen (secondary N) is 1. The maximum absolute atomic E-state index is 5.69. The maximum Gasteiger partial charge on any atom is 0.169 e. The summed E-state index contributed by atoms with van der Waals surface area (Å²) in [6.07, 6.45) is 1.85. The van der Waals surface area contributed by atoms with Crippen LogP contribution in [0.1, 0.15) is 0 Å². The third kappa shape index (κ3) is 1.69. The van der Waals surface area contributed by atoms with Gasteiger partial charge in [-0.25, -0.2) is 0 Å². The third-order valence-electron chi connectivity index (χ3n) is 1.91. The molecule has 2 aromatic rings. The number of anilines is 3. The molecule has 1 aromatic heterocycles. The lowest BCUT2D eigenvalue weighted by molar-refractivity contribution is 0.772. The summed E-state index contributed by atoms with van der Waals surface area (Å²) < 4.78 is 1.68. The molecule has 0 amide bonds. The molecule has 4 heteroatoms. The van der Waals surface area contributed by atoms with Crippen molar-refractivity contribution in [3.63, 3.8) is 0 Å². The van der Waals surface area contributed by atoms with Gasteiger partial charge in [-0.1, -0.05) is 18.2 Å². The van der Waals surface area contributed by atoms with Gasteiger partial charge in [0.2, 0.25) is 0 Å². The average Bonchev–Trinajstić information content (AvgIpc) is 2.47. The number of nitrogens with zero attached hydrogens (tertiary/aromatic N) is 2. The van der Waals surface area contributed by atoms with Crippen molar-refractivity contribution >= 4 is 17.2 Å². The number of nitrogens with two attached hydrogens (primary N) is 1. The Balaban J connectivity index is 2.23. The Morgan fingerprint density at radius 3 is 2.57 bits per heavy atom. The molecular weight excluding hydrogens is 176 g/mol. The van der Waals surface area contributed by atoms with Crippen molar-refractivity contribution in [3.05, 3.63) is 36.5 Å². The van der Waals surface area contributed by atoms with Crippen LogP contribution in [-0.4, -0.2) is 9.78 Å². The highest BCUT2D eigenvalue weighted by Crippen LogP contribution is 2.20. The zero-order valence-corrected chi connectivity index (χ0v) is 7.94. The van der Waals surface area contributed by atoms with E-state index in [2.05, 4.69) is 10.4 Å². The van der Waals surface area contributed by atoms with Gasteiger partial charge in [0.05, 0.1) is 6.20 Å². The number of para-hydroxylation sites is 1. The molecule has 0 aliphatic heterocycles. The van der Waals surface area contributed by atoms with Crippen LogP contribution in [-0.2, 0) is 7.05 Å². The fourth-order valence-electron chi connectivity index (χ4n) is 1.28. The first-order valence-electron chi connectivity index (χ1n) is 4.37. The molecule has 14 heavy (non-hydrogen) atoms. The Hall–Kier alpha value is -1.97. The molecule has 1 aromatic carbocycles. The minimum Gasteiger partial charge on any atom is -0.380 e. The van der Waals surface area contributed by atoms with Crippen LogP contribution < -0.4 is 11.1 Å². The quantitative estimate of drug-likeness (QED) is 0.754. The minimum atomic E-state index is 0.511. The topological polar surface area (TPSA) is 55.9 Å². The van der Waals surface area contributed by atoms with E-state index in [1.54, 1.807) is 4.68 Å². The van der Waals surface area contributed by atoms with Crippen molar-refractivity contribution in [2.45, 2.75) is 0 Å². The van der Waals surface area contributed by atoms with Crippen LogP contribution in [0, 0.1) is 0 Å². The highest BCUT2D eigenvalue weighted by molar-refractivity contribution is 5.68. The first-order valence-corrected chi connectivity index (χ1v) is 4.37. The molecule has 0 saturated heterocycles. The summed E-state index contributed by atoms with van der Waals surface area (Å²) >= 11 is 0. The van der Waals surface area contributed by atoms with E-state index in [-0.39, 0.29) is 0 Å². The molecule has 0 bridgehead atoms. The van der Waals surface area contributed by atoms with Crippen molar-refractivity contribution in [2.24, 2.45) is 7.05 Å². The summed E-state index contributed by atoms with van der Waals surface area (Å²) in [6.45, 7) is 0. The summed E-state index contributed by atoms with van der Waals surface area (Å²) in [7, 11) is 1.84. The van der Waals surface area contributed by atoms with Crippen LogP contribution in [0.5, 0.6) is 0 Å². The Morgan fingerprint density at radius 1 is 1.29 bits per heavy atom. The first-order chi connectivity index (χ1) is 6.75. The second kappa shape index (κ2) is 3.41. The van der Waals surface area contributed by atoms with Crippen molar-refractivity contribution in [1.82, 2.24) is 9.78 Å². The molecule has 72 valence electrons. The van der Waals surface area contributed by atoms with Crippen LogP contribution in [0.4, 0.5) is 17.2 Å². The average molecular weight is 188 g/mol. The van der Waals surface area contributed by atoms with Gasteiger partial charge in [-0.2, -0.15) is 5.10 Å². The molecule has 0 fully saturated rings. The van der Waals surface area contributed by atoms with E-state index in [0.29, 0.717) is 5.82 Å². The molecule has 4 nitrogen and oxygen atoms in total. The molecule has 3 N–H and O–H groups in total. The van der Waals surface area contributed by atoms with Crippen LogP contribution >= 0.6 is 0 Å². The number of benzene rings is 1. The van der Waals surface area contributed by atoms with Crippen LogP contribution in [0.25, 0.3) is 0 Å². The number of rotatable bonds is 2. The third-order valence-corrected chi connectivity index (χ3v) is 1.91. The fourth-order valence-corrected chi connectivity index (χ4v) is 1.28. The number of nitrogen functional groups attached to an aromatic ring is 1. The van der Waals surface area contributed by atoms with Crippen LogP contribution in [0.15, 0.2) is 36.5 Å². The number of aromatic nitrogens is 2. The van der Waals surface area contributed by atoms with E-state index in [1.807, 2.05) is 43.6 Å². The van der Waals surface area contributed by atoms with Gasteiger partial charge in [-0.3, -0.25) is 4.68 Å². The lowest BCUT2D eigenvalue weighted by Crippen LogP contribution is -1.93. The zero-order valence-electron chi connectivity index (χ0n) is 7.94. The van der Waals surface area contributed by atoms with Gasteiger partial charge < -0.3 is 11.1 Å². The summed E-state index contributed by atoms with van der Waals surface area (Å²) in [5.41, 5.74) is 7.53. The summed E-state index contributed by atoms with van der Waals surface area (Å²) in [6, 6.07) is 9.86. The Bertz CT molecular complexity index is 419. The normalized spacial score (nSPS) is 10.1. The zero-order chi connectivity index (χ0) is 9.97. The van der Waals surface area contributed by atoms with Gasteiger partial charge in [0.1, 0.15) is 5.69 Å². The molecule has 0 unspecified atom stereocenters. The smallest absolute Gasteiger partial charge is 0.169 e. The van der Waals surface area contributed by atoms with Crippen molar-refractivity contribution in [3.8, 4) is 0 Å². The lowest BCUT2D eigenvalue weighted by atomic mass is 10.3. The number of aryl methyl sites for hydroxylation is 1. The highest BCUT2D eigenvalue weighted by atomic mass is 15.3. The molecule has 0 saturated carbocycles. The Kier molecular flexibility index (Phi) is 2.10. The number of hydrogen-bond donors (Lipinski definition) is 2. The Labute approximate surface area is 82.4 Å². The van der Waals surface area contributed by atoms with Gasteiger partial charge in [-0.05, 0) is 12.1 Å². The molecule has 0 radical (unpaired) electrons. The van der Waals surface area contributed by atoms with Crippen LogP contribution in [0.3, 0.4) is 0 Å². The van der Waals surface area contributed by atoms with Gasteiger partial charge in [0.25, 0.3) is 0 Å². The molecule has 0 aliphatic rings. The summed E-state index contributed by atoms with van der Waals surface area (Å²) in [5, 5.41) is 7.22. The SMILES string of the molecule is Cn1cc(Nc2ccccc2)c(N)n1. The minimum absolute atomic E-state index is 0.511. The fraction of sp³-hybridized carbons (Fsp3) is 0.100. The Morgan fingerprint density at radius 2 is 2.00 bits per heavy atom. The maximum atomic E-state index is 5.69. The van der Waals surface area contributed by atoms with Crippen molar-refractivity contribution < 1.29 is 0 Å². The van der Waals surface area contributed by atoms with E-state index in [4.69, 9.17) is 5.73 Å². The van der Waals surface area contributed by atoms with E-state index >= 15 is 0 Å². The van der Waals surface area contributed by atoms with Gasteiger partial charge in [0, 0.05) is 12.7 Å². The summed E-state index contributed by atoms with van der Waals surface area (Å²) in [4.78, 5) is 0. The van der Waals surface area contributed by atoms with E-state index in [1.165, 1.54) is 0 Å². The van der Waals surface area contributed by atoms with Crippen molar-refractivity contribution in [2.75, 3.05) is 11.1 Å². The monoisotopic (exact) mass is 188 g/mol. The predicted molar refractivity (Wildman–Crippen MR) is 57.3 cm³/mol. The summed E-state index contributed by atoms with van der Waals surface area (Å²) in [5.74, 6) is 0.511. The highest BCUT2D eigenvalue weighted by Gasteiger charge is 2.02. The lowest BCUT2D eigenvalue weighted by Gasteiger charge is -2.02. The molecule has 1 heterocycles. The predicted octanol–water partition coefficient (Wildman–Crippen LogP) is 1.75. The van der Waals surface area contributed by atoms with Gasteiger partial charge in [-0.15, -0.1) is 0 Å². The van der Waals surface area contributed by atoms with Crippen molar-refractivity contribution in [1.29, 1.82) is 0 Å². The molecule has 0 spiro atoms. The van der Waals surface area contributed by atoms with E-state index < -0.39 is 0 Å². The van der Waals surface area contributed by atoms with Gasteiger partial charge in [0.15, 0.2) is 5.82 Å². The molecule has 0 atom stereocenters. The standard InChI is InChI=1S/C10H12N4/c1-14-7-9(10(11)13-14)12-8-5-3-2-4-6-8/h2-7,12H,1H3,(H2,11,13). The van der Waals surface area contributed by atoms with E-state index in [9.17, 15) is 0 Å². The van der Waals surface area contributed by atoms with E-state index in [0.717, 1.165) is 11.4 Å².